The lowest BCUT2D eigenvalue weighted by Gasteiger charge is -2.14. The molecule has 0 rings (SSSR count). The van der Waals surface area contributed by atoms with Gasteiger partial charge in [-0.3, -0.25) is 9.59 Å². The van der Waals surface area contributed by atoms with Crippen molar-refractivity contribution in [1.82, 2.24) is 5.32 Å². The molecule has 0 aromatic rings. The van der Waals surface area contributed by atoms with Crippen LogP contribution in [0.5, 0.6) is 0 Å². The molecule has 6 nitrogen and oxygen atoms in total. The monoisotopic (exact) mass is 357 g/mol. The molecule has 25 heavy (non-hydrogen) atoms. The molecule has 0 bridgehead atoms. The number of hydrogen-bond donors (Lipinski definition) is 2. The summed E-state index contributed by atoms with van der Waals surface area (Å²) in [6.45, 7) is 6.20. The van der Waals surface area contributed by atoms with E-state index >= 15 is 0 Å². The molecule has 0 saturated heterocycles. The van der Waals surface area contributed by atoms with Gasteiger partial charge in [-0.25, -0.2) is 0 Å². The number of carbonyl (C=O) groups excluding carboxylic acids is 2. The Hall–Kier alpha value is -1.08. The van der Waals surface area contributed by atoms with Crippen molar-refractivity contribution in [3.8, 4) is 0 Å². The summed E-state index contributed by atoms with van der Waals surface area (Å²) in [4.78, 5) is 22.7. The number of nitrogens with one attached hydrogen (secondary N) is 1. The van der Waals surface area contributed by atoms with Crippen LogP contribution in [0.25, 0.3) is 0 Å². The zero-order valence-electron chi connectivity index (χ0n) is 16.2. The minimum Gasteiger partial charge on any atom is -0.474 e. The maximum atomic E-state index is 11.7. The largest absolute Gasteiger partial charge is 0.789 e. The van der Waals surface area contributed by atoms with E-state index in [1.165, 1.54) is 51.4 Å². The van der Waals surface area contributed by atoms with Crippen molar-refractivity contribution in [3.05, 3.63) is 0 Å². The van der Waals surface area contributed by atoms with Crippen molar-refractivity contribution < 1.29 is 23.9 Å². The van der Waals surface area contributed by atoms with Crippen molar-refractivity contribution in [1.29, 1.82) is 0 Å². The van der Waals surface area contributed by atoms with Crippen LogP contribution < -0.4 is 5.32 Å². The molecule has 0 fully saturated rings. The zero-order valence-corrected chi connectivity index (χ0v) is 16.2. The van der Waals surface area contributed by atoms with E-state index < -0.39 is 25.3 Å². The van der Waals surface area contributed by atoms with Crippen LogP contribution in [0.4, 0.5) is 0 Å². The molecular weight excluding hydrogens is 321 g/mol. The Balaban J connectivity index is 3.52. The molecule has 0 amide bonds. The van der Waals surface area contributed by atoms with Gasteiger partial charge in [0.05, 0.1) is 0 Å². The van der Waals surface area contributed by atoms with Gasteiger partial charge in [0.15, 0.2) is 0 Å². The molecule has 0 spiro atoms. The third-order valence-electron chi connectivity index (χ3n) is 4.07. The van der Waals surface area contributed by atoms with Crippen molar-refractivity contribution >= 4 is 19.3 Å². The molecule has 1 unspecified atom stereocenters. The number of rotatable bonds is 16. The van der Waals surface area contributed by atoms with E-state index in [2.05, 4.69) is 21.5 Å². The van der Waals surface area contributed by atoms with Crippen LogP contribution in [0.2, 0.25) is 0 Å². The van der Waals surface area contributed by atoms with E-state index in [4.69, 9.17) is 0 Å². The first-order valence-corrected chi connectivity index (χ1v) is 9.82. The Kier molecular flexibility index (Phi) is 15.7. The van der Waals surface area contributed by atoms with E-state index in [0.29, 0.717) is 0 Å². The molecule has 146 valence electrons. The van der Waals surface area contributed by atoms with Crippen molar-refractivity contribution in [2.75, 3.05) is 6.54 Å². The van der Waals surface area contributed by atoms with Crippen molar-refractivity contribution in [2.45, 2.75) is 97.4 Å². The molecule has 7 heteroatoms. The lowest BCUT2D eigenvalue weighted by atomic mass is 10.1. The Bertz CT molecular complexity index is 354. The van der Waals surface area contributed by atoms with Crippen LogP contribution in [0, 0.1) is 0 Å². The molecule has 2 N–H and O–H groups in total. The zero-order chi connectivity index (χ0) is 18.9. The Morgan fingerprint density at radius 2 is 1.44 bits per heavy atom. The van der Waals surface area contributed by atoms with E-state index in [0.717, 1.165) is 19.4 Å². The Morgan fingerprint density at radius 3 is 1.96 bits per heavy atom. The Morgan fingerprint density at radius 1 is 0.920 bits per heavy atom. The molecule has 0 aliphatic heterocycles. The van der Waals surface area contributed by atoms with Crippen LogP contribution in [0.1, 0.15) is 91.4 Å². The first-order valence-electron chi connectivity index (χ1n) is 9.82. The smallest absolute Gasteiger partial charge is 0.474 e. The highest BCUT2D eigenvalue weighted by Gasteiger charge is 2.28. The quantitative estimate of drug-likeness (QED) is 0.325. The second-order valence-corrected chi connectivity index (χ2v) is 6.45. The lowest BCUT2D eigenvalue weighted by Crippen LogP contribution is -2.40. The second-order valence-electron chi connectivity index (χ2n) is 6.45. The van der Waals surface area contributed by atoms with Gasteiger partial charge in [0.25, 0.3) is 5.97 Å². The topological polar surface area (TPSA) is 84.9 Å². The summed E-state index contributed by atoms with van der Waals surface area (Å²) in [5.74, 6) is -1.25. The van der Waals surface area contributed by atoms with Gasteiger partial charge in [-0.2, -0.15) is 0 Å². The molecule has 0 radical (unpaired) electrons. The van der Waals surface area contributed by atoms with Crippen LogP contribution in [-0.4, -0.2) is 36.9 Å². The van der Waals surface area contributed by atoms with E-state index in [1.54, 1.807) is 13.8 Å². The van der Waals surface area contributed by atoms with Crippen molar-refractivity contribution in [2.24, 2.45) is 0 Å². The molecule has 0 aromatic heterocycles. The highest BCUT2D eigenvalue weighted by molar-refractivity contribution is 6.40. The van der Waals surface area contributed by atoms with Gasteiger partial charge >= 0.3 is 13.3 Å². The van der Waals surface area contributed by atoms with Gasteiger partial charge < -0.3 is 19.6 Å². The molecule has 1 atom stereocenters. The predicted octanol–water partition coefficient (Wildman–Crippen LogP) is 3.36. The third kappa shape index (κ3) is 14.9. The van der Waals surface area contributed by atoms with Gasteiger partial charge in [0, 0.05) is 6.42 Å². The van der Waals surface area contributed by atoms with Gasteiger partial charge in [0.1, 0.15) is 6.04 Å². The van der Waals surface area contributed by atoms with Crippen LogP contribution in [0.15, 0.2) is 0 Å². The first-order chi connectivity index (χ1) is 12.0. The maximum absolute atomic E-state index is 11.7. The second kappa shape index (κ2) is 16.4. The molecule has 0 aliphatic rings. The highest BCUT2D eigenvalue weighted by atomic mass is 16.7. The summed E-state index contributed by atoms with van der Waals surface area (Å²) < 4.78 is 9.12. The normalized spacial score (nSPS) is 11.8. The molecule has 0 aromatic carbocycles. The summed E-state index contributed by atoms with van der Waals surface area (Å²) in [5.41, 5.74) is 0. The van der Waals surface area contributed by atoms with Gasteiger partial charge in [0.2, 0.25) is 0 Å². The SMILES string of the molecule is CCCCCCCCCCCCNC(C)C(=O)OB(O)OC(=O)CC. The molecule has 0 heterocycles. The van der Waals surface area contributed by atoms with E-state index in [9.17, 15) is 14.6 Å². The summed E-state index contributed by atoms with van der Waals surface area (Å²) in [7, 11) is -1.83. The first kappa shape index (κ1) is 23.9. The van der Waals surface area contributed by atoms with Gasteiger partial charge in [-0.05, 0) is 19.9 Å². The van der Waals surface area contributed by atoms with E-state index in [1.807, 2.05) is 0 Å². The molecule has 0 aliphatic carbocycles. The average Bonchev–Trinajstić information content (AvgIpc) is 2.59. The standard InChI is InChI=1S/C18H36BNO5/c1-4-6-7-8-9-10-11-12-13-14-15-20-16(3)18(22)25-19(23)24-17(21)5-2/h16,20,23H,4-15H2,1-3H3. The number of unbranched alkanes of at least 4 members (excludes halogenated alkanes) is 9. The fourth-order valence-corrected chi connectivity index (χ4v) is 2.44. The predicted molar refractivity (Wildman–Crippen MR) is 99.8 cm³/mol. The summed E-state index contributed by atoms with van der Waals surface area (Å²) in [6.07, 6.45) is 12.8. The minimum absolute atomic E-state index is 0.112. The van der Waals surface area contributed by atoms with Gasteiger partial charge in [-0.15, -0.1) is 0 Å². The summed E-state index contributed by atoms with van der Waals surface area (Å²) in [5, 5.41) is 12.4. The molecular formula is C18H36BNO5. The fraction of sp³-hybridized carbons (Fsp3) is 0.889. The van der Waals surface area contributed by atoms with Gasteiger partial charge in [-0.1, -0.05) is 71.6 Å². The van der Waals surface area contributed by atoms with Crippen LogP contribution >= 0.6 is 0 Å². The number of carbonyl (C=O) groups is 2. The lowest BCUT2D eigenvalue weighted by molar-refractivity contribution is -0.143. The van der Waals surface area contributed by atoms with E-state index in [-0.39, 0.29) is 6.42 Å². The minimum atomic E-state index is -1.83. The highest BCUT2D eigenvalue weighted by Crippen LogP contribution is 2.10. The maximum Gasteiger partial charge on any atom is 0.789 e. The van der Waals surface area contributed by atoms with Crippen LogP contribution in [-0.2, 0) is 18.9 Å². The Labute approximate surface area is 153 Å². The average molecular weight is 357 g/mol. The molecule has 0 saturated carbocycles. The summed E-state index contributed by atoms with van der Waals surface area (Å²) in [6, 6.07) is -0.548. The van der Waals surface area contributed by atoms with Crippen LogP contribution in [0.3, 0.4) is 0 Å². The fourth-order valence-electron chi connectivity index (χ4n) is 2.44. The third-order valence-corrected chi connectivity index (χ3v) is 4.07. The van der Waals surface area contributed by atoms with Crippen molar-refractivity contribution in [3.63, 3.8) is 0 Å². The summed E-state index contributed by atoms with van der Waals surface area (Å²) >= 11 is 0. The number of hydrogen-bond acceptors (Lipinski definition) is 6.